The van der Waals surface area contributed by atoms with Crippen molar-refractivity contribution in [3.8, 4) is 12.3 Å². The van der Waals surface area contributed by atoms with Crippen LogP contribution in [0.25, 0.3) is 0 Å². The second-order valence-electron chi connectivity index (χ2n) is 4.48. The zero-order chi connectivity index (χ0) is 10.4. The van der Waals surface area contributed by atoms with E-state index < -0.39 is 0 Å². The summed E-state index contributed by atoms with van der Waals surface area (Å²) >= 11 is 0. The van der Waals surface area contributed by atoms with E-state index in [-0.39, 0.29) is 0 Å². The topological polar surface area (TPSA) is 17.1 Å². The van der Waals surface area contributed by atoms with Gasteiger partial charge in [-0.1, -0.05) is 19.8 Å². The van der Waals surface area contributed by atoms with E-state index >= 15 is 0 Å². The maximum atomic E-state index is 11.7. The van der Waals surface area contributed by atoms with Gasteiger partial charge in [0.25, 0.3) is 0 Å². The minimum absolute atomic E-state index is 0.351. The van der Waals surface area contributed by atoms with Crippen molar-refractivity contribution in [2.75, 3.05) is 0 Å². The second-order valence-corrected chi connectivity index (χ2v) is 4.48. The molecule has 0 radical (unpaired) electrons. The molecule has 0 heterocycles. The third kappa shape index (κ3) is 3.54. The largest absolute Gasteiger partial charge is 0.299 e. The molecular weight excluding hydrogens is 172 g/mol. The molecule has 1 aliphatic carbocycles. The predicted octanol–water partition coefficient (Wildman–Crippen LogP) is 3.19. The molecule has 1 aliphatic rings. The molecule has 0 aromatic heterocycles. The quantitative estimate of drug-likeness (QED) is 0.494. The van der Waals surface area contributed by atoms with Crippen molar-refractivity contribution in [3.05, 3.63) is 0 Å². The molecule has 0 N–H and O–H groups in total. The number of carbonyl (C=O) groups is 1. The fourth-order valence-corrected chi connectivity index (χ4v) is 2.15. The second kappa shape index (κ2) is 5.86. The Hall–Kier alpha value is -0.770. The van der Waals surface area contributed by atoms with Crippen LogP contribution in [0.4, 0.5) is 0 Å². The number of Topliss-reactive ketones (excluding diaryl/α,β-unsaturated/α-hetero) is 1. The van der Waals surface area contributed by atoms with Crippen molar-refractivity contribution in [2.45, 2.75) is 51.9 Å². The standard InChI is InChI=1S/C13H20O/c1-3-4-5-6-13(14)12-9-7-11(2)8-10-12/h1,11-12H,4-10H2,2H3. The van der Waals surface area contributed by atoms with Crippen molar-refractivity contribution in [1.82, 2.24) is 0 Å². The first-order chi connectivity index (χ1) is 6.74. The molecule has 78 valence electrons. The number of carbonyl (C=O) groups excluding carboxylic acids is 1. The van der Waals surface area contributed by atoms with E-state index in [2.05, 4.69) is 12.8 Å². The van der Waals surface area contributed by atoms with E-state index in [0.29, 0.717) is 18.1 Å². The van der Waals surface area contributed by atoms with Crippen molar-refractivity contribution < 1.29 is 4.79 Å². The van der Waals surface area contributed by atoms with Gasteiger partial charge in [-0.2, -0.15) is 0 Å². The Balaban J connectivity index is 2.21. The summed E-state index contributed by atoms with van der Waals surface area (Å²) in [6.07, 6.45) is 12.1. The Kier molecular flexibility index (Phi) is 4.73. The summed E-state index contributed by atoms with van der Waals surface area (Å²) in [6.45, 7) is 2.28. The fourth-order valence-electron chi connectivity index (χ4n) is 2.15. The normalized spacial score (nSPS) is 26.9. The van der Waals surface area contributed by atoms with Crippen LogP contribution in [0.3, 0.4) is 0 Å². The molecule has 14 heavy (non-hydrogen) atoms. The summed E-state index contributed by atoms with van der Waals surface area (Å²) in [6, 6.07) is 0. The number of ketones is 1. The highest BCUT2D eigenvalue weighted by atomic mass is 16.1. The van der Waals surface area contributed by atoms with Gasteiger partial charge in [-0.25, -0.2) is 0 Å². The van der Waals surface area contributed by atoms with Crippen LogP contribution >= 0.6 is 0 Å². The van der Waals surface area contributed by atoms with Gasteiger partial charge >= 0.3 is 0 Å². The molecule has 0 aromatic carbocycles. The average Bonchev–Trinajstić information content (AvgIpc) is 2.19. The molecule has 1 saturated carbocycles. The van der Waals surface area contributed by atoms with Gasteiger partial charge in [0.05, 0.1) is 0 Å². The van der Waals surface area contributed by atoms with Crippen molar-refractivity contribution in [2.24, 2.45) is 11.8 Å². The molecule has 0 atom stereocenters. The van der Waals surface area contributed by atoms with Gasteiger partial charge < -0.3 is 0 Å². The highest BCUT2D eigenvalue weighted by Gasteiger charge is 2.23. The average molecular weight is 192 g/mol. The predicted molar refractivity (Wildman–Crippen MR) is 58.8 cm³/mol. The summed E-state index contributed by atoms with van der Waals surface area (Å²) in [5.41, 5.74) is 0. The summed E-state index contributed by atoms with van der Waals surface area (Å²) < 4.78 is 0. The summed E-state index contributed by atoms with van der Waals surface area (Å²) in [4.78, 5) is 11.7. The number of rotatable bonds is 4. The van der Waals surface area contributed by atoms with E-state index in [0.717, 1.165) is 31.6 Å². The third-order valence-electron chi connectivity index (χ3n) is 3.22. The molecule has 1 heteroatoms. The first-order valence-electron chi connectivity index (χ1n) is 5.70. The Bertz CT molecular complexity index is 216. The van der Waals surface area contributed by atoms with Gasteiger partial charge in [-0.3, -0.25) is 4.79 Å². The number of unbranched alkanes of at least 4 members (excludes halogenated alkanes) is 1. The van der Waals surface area contributed by atoms with Gasteiger partial charge in [-0.05, 0) is 25.2 Å². The van der Waals surface area contributed by atoms with Gasteiger partial charge in [0.15, 0.2) is 0 Å². The minimum Gasteiger partial charge on any atom is -0.299 e. The van der Waals surface area contributed by atoms with Crippen molar-refractivity contribution in [1.29, 1.82) is 0 Å². The maximum absolute atomic E-state index is 11.7. The molecule has 1 fully saturated rings. The number of hydrogen-bond acceptors (Lipinski definition) is 1. The highest BCUT2D eigenvalue weighted by Crippen LogP contribution is 2.29. The first kappa shape index (κ1) is 11.3. The molecule has 0 saturated heterocycles. The number of terminal acetylenes is 1. The van der Waals surface area contributed by atoms with Crippen LogP contribution in [-0.4, -0.2) is 5.78 Å². The monoisotopic (exact) mass is 192 g/mol. The maximum Gasteiger partial charge on any atom is 0.136 e. The Labute approximate surface area is 87.3 Å². The lowest BCUT2D eigenvalue weighted by Gasteiger charge is -2.24. The van der Waals surface area contributed by atoms with Crippen LogP contribution in [0, 0.1) is 24.2 Å². The lowest BCUT2D eigenvalue weighted by atomic mass is 9.80. The lowest BCUT2D eigenvalue weighted by molar-refractivity contribution is -0.124. The molecule has 0 aliphatic heterocycles. The summed E-state index contributed by atoms with van der Waals surface area (Å²) in [5.74, 6) is 4.21. The van der Waals surface area contributed by atoms with Crippen LogP contribution in [0.1, 0.15) is 51.9 Å². The van der Waals surface area contributed by atoms with E-state index in [4.69, 9.17) is 6.42 Å². The van der Waals surface area contributed by atoms with Gasteiger partial charge in [0, 0.05) is 18.8 Å². The van der Waals surface area contributed by atoms with E-state index in [1.807, 2.05) is 0 Å². The van der Waals surface area contributed by atoms with Crippen molar-refractivity contribution >= 4 is 5.78 Å². The van der Waals surface area contributed by atoms with Crippen LogP contribution in [0.2, 0.25) is 0 Å². The minimum atomic E-state index is 0.351. The molecule has 0 spiro atoms. The number of hydrogen-bond donors (Lipinski definition) is 0. The first-order valence-corrected chi connectivity index (χ1v) is 5.70. The lowest BCUT2D eigenvalue weighted by Crippen LogP contribution is -2.20. The van der Waals surface area contributed by atoms with E-state index in [1.165, 1.54) is 12.8 Å². The molecule has 0 aromatic rings. The van der Waals surface area contributed by atoms with Crippen LogP contribution in [0.5, 0.6) is 0 Å². The fraction of sp³-hybridized carbons (Fsp3) is 0.769. The SMILES string of the molecule is C#CCCCC(=O)C1CCC(C)CC1. The highest BCUT2D eigenvalue weighted by molar-refractivity contribution is 5.81. The third-order valence-corrected chi connectivity index (χ3v) is 3.22. The Morgan fingerprint density at radius 2 is 2.00 bits per heavy atom. The zero-order valence-electron chi connectivity index (χ0n) is 9.09. The van der Waals surface area contributed by atoms with Crippen LogP contribution < -0.4 is 0 Å². The van der Waals surface area contributed by atoms with E-state index in [9.17, 15) is 4.79 Å². The summed E-state index contributed by atoms with van der Waals surface area (Å²) in [5, 5.41) is 0. The van der Waals surface area contributed by atoms with Crippen LogP contribution in [0.15, 0.2) is 0 Å². The molecular formula is C13H20O. The zero-order valence-corrected chi connectivity index (χ0v) is 9.09. The van der Waals surface area contributed by atoms with Gasteiger partial charge in [0.2, 0.25) is 0 Å². The summed E-state index contributed by atoms with van der Waals surface area (Å²) in [7, 11) is 0. The molecule has 0 bridgehead atoms. The smallest absolute Gasteiger partial charge is 0.136 e. The van der Waals surface area contributed by atoms with Gasteiger partial charge in [-0.15, -0.1) is 12.3 Å². The molecule has 1 nitrogen and oxygen atoms in total. The molecule has 0 unspecified atom stereocenters. The van der Waals surface area contributed by atoms with E-state index in [1.54, 1.807) is 0 Å². The Morgan fingerprint density at radius 3 is 2.57 bits per heavy atom. The molecule has 1 rings (SSSR count). The van der Waals surface area contributed by atoms with Crippen molar-refractivity contribution in [3.63, 3.8) is 0 Å². The molecule has 0 amide bonds. The van der Waals surface area contributed by atoms with Crippen LogP contribution in [-0.2, 0) is 4.79 Å². The Morgan fingerprint density at radius 1 is 1.36 bits per heavy atom. The van der Waals surface area contributed by atoms with Gasteiger partial charge in [0.1, 0.15) is 5.78 Å².